The van der Waals surface area contributed by atoms with Gasteiger partial charge in [-0.05, 0) is 47.9 Å². The highest BCUT2D eigenvalue weighted by Gasteiger charge is 2.49. The monoisotopic (exact) mass is 413 g/mol. The van der Waals surface area contributed by atoms with Crippen LogP contribution in [-0.4, -0.2) is 35.3 Å². The number of hydrogen-bond acceptors (Lipinski definition) is 5. The molecule has 0 aliphatic carbocycles. The fraction of sp³-hybridized carbons (Fsp3) is 0.286. The maximum Gasteiger partial charge on any atom is 0.410 e. The number of anilines is 2. The summed E-state index contributed by atoms with van der Waals surface area (Å²) in [4.78, 5) is 37.7. The van der Waals surface area contributed by atoms with Crippen molar-refractivity contribution in [2.45, 2.75) is 31.6 Å². The molecule has 2 heterocycles. The number of fused-ring (bicyclic) bond motifs is 1. The highest BCUT2D eigenvalue weighted by molar-refractivity contribution is 6.02. The Balaban J connectivity index is 1.40. The van der Waals surface area contributed by atoms with Crippen LogP contribution in [0.25, 0.3) is 0 Å². The molecule has 8 nitrogen and oxygen atoms in total. The van der Waals surface area contributed by atoms with Crippen LogP contribution in [0.4, 0.5) is 20.6 Å². The number of carbonyl (C=O) groups is 3. The zero-order valence-corrected chi connectivity index (χ0v) is 16.0. The number of hydrogen-bond donors (Lipinski definition) is 3. The van der Waals surface area contributed by atoms with Crippen molar-refractivity contribution in [2.75, 3.05) is 16.8 Å². The molecule has 156 valence electrons. The van der Waals surface area contributed by atoms with Gasteiger partial charge in [0, 0.05) is 37.3 Å². The van der Waals surface area contributed by atoms with Gasteiger partial charge in [0.05, 0.1) is 0 Å². The molecule has 2 aliphatic rings. The number of halogens is 1. The van der Waals surface area contributed by atoms with E-state index in [1.54, 1.807) is 24.3 Å². The van der Waals surface area contributed by atoms with Gasteiger partial charge in [0.25, 0.3) is 11.7 Å². The second-order valence-electron chi connectivity index (χ2n) is 7.25. The minimum absolute atomic E-state index is 0.0128. The minimum atomic E-state index is -2.28. The molecular weight excluding hydrogens is 393 g/mol. The third-order valence-corrected chi connectivity index (χ3v) is 5.14. The molecule has 0 aromatic heterocycles. The maximum atomic E-state index is 13.2. The third-order valence-electron chi connectivity index (χ3n) is 5.14. The van der Waals surface area contributed by atoms with Crippen LogP contribution in [0.1, 0.15) is 24.0 Å². The third kappa shape index (κ3) is 3.97. The number of benzene rings is 2. The first-order valence-corrected chi connectivity index (χ1v) is 9.52. The smallest absolute Gasteiger partial charge is 0.407 e. The first-order valence-electron chi connectivity index (χ1n) is 9.52. The number of ether oxygens (including phenoxy) is 1. The average Bonchev–Trinajstić information content (AvgIpc) is 3.00. The van der Waals surface area contributed by atoms with Gasteiger partial charge in [-0.15, -0.1) is 0 Å². The summed E-state index contributed by atoms with van der Waals surface area (Å²) in [7, 11) is 0. The summed E-state index contributed by atoms with van der Waals surface area (Å²) in [5.74, 6) is -3.52. The lowest BCUT2D eigenvalue weighted by molar-refractivity contribution is -0.175. The van der Waals surface area contributed by atoms with E-state index in [0.717, 1.165) is 5.56 Å². The summed E-state index contributed by atoms with van der Waals surface area (Å²) in [6, 6.07) is 10.8. The number of rotatable bonds is 4. The standard InChI is InChI=1S/C21H20FN3O5/c22-15-3-1-2-13(10-15)12-23-20(28)30-21(29)8-9-25(19(21)27)16-5-6-17-14(11-16)4-7-18(26)24-17/h1-3,5-6,10-11,29H,4,7-9,12H2,(H,23,28)(H,24,26)/t21-/m1/s1. The number of nitrogens with one attached hydrogen (secondary N) is 2. The molecule has 3 N–H and O–H groups in total. The van der Waals surface area contributed by atoms with Crippen molar-refractivity contribution < 1.29 is 28.6 Å². The molecule has 9 heteroatoms. The molecule has 30 heavy (non-hydrogen) atoms. The van der Waals surface area contributed by atoms with Crippen molar-refractivity contribution in [3.05, 3.63) is 59.4 Å². The Morgan fingerprint density at radius 1 is 1.23 bits per heavy atom. The van der Waals surface area contributed by atoms with Crippen LogP contribution >= 0.6 is 0 Å². The van der Waals surface area contributed by atoms with Gasteiger partial charge in [0.15, 0.2) is 0 Å². The predicted octanol–water partition coefficient (Wildman–Crippen LogP) is 2.06. The van der Waals surface area contributed by atoms with Crippen molar-refractivity contribution in [2.24, 2.45) is 0 Å². The van der Waals surface area contributed by atoms with Crippen molar-refractivity contribution in [3.8, 4) is 0 Å². The predicted molar refractivity (Wildman–Crippen MR) is 105 cm³/mol. The van der Waals surface area contributed by atoms with Gasteiger partial charge < -0.3 is 25.4 Å². The Kier molecular flexibility index (Phi) is 5.13. The van der Waals surface area contributed by atoms with E-state index in [1.807, 2.05) is 0 Å². The van der Waals surface area contributed by atoms with Crippen molar-refractivity contribution in [3.63, 3.8) is 0 Å². The molecule has 1 atom stereocenters. The van der Waals surface area contributed by atoms with E-state index in [9.17, 15) is 23.9 Å². The fourth-order valence-corrected chi connectivity index (χ4v) is 3.57. The number of aryl methyl sites for hydroxylation is 1. The van der Waals surface area contributed by atoms with E-state index < -0.39 is 23.6 Å². The molecule has 2 aliphatic heterocycles. The highest BCUT2D eigenvalue weighted by Crippen LogP contribution is 2.33. The van der Waals surface area contributed by atoms with E-state index in [4.69, 9.17) is 4.74 Å². The van der Waals surface area contributed by atoms with Gasteiger partial charge in [-0.3, -0.25) is 9.59 Å². The zero-order chi connectivity index (χ0) is 21.3. The molecule has 1 saturated heterocycles. The normalized spacial score (nSPS) is 20.5. The Bertz CT molecular complexity index is 1030. The Hall–Kier alpha value is -3.46. The van der Waals surface area contributed by atoms with Crippen LogP contribution in [0.5, 0.6) is 0 Å². The molecule has 0 saturated carbocycles. The average molecular weight is 413 g/mol. The Morgan fingerprint density at radius 3 is 2.87 bits per heavy atom. The molecule has 1 fully saturated rings. The lowest BCUT2D eigenvalue weighted by atomic mass is 10.0. The molecule has 0 spiro atoms. The molecule has 3 amide bonds. The van der Waals surface area contributed by atoms with Gasteiger partial charge >= 0.3 is 6.09 Å². The lowest BCUT2D eigenvalue weighted by Gasteiger charge is -2.24. The molecule has 2 aromatic carbocycles. The zero-order valence-electron chi connectivity index (χ0n) is 16.0. The van der Waals surface area contributed by atoms with E-state index in [-0.39, 0.29) is 25.4 Å². The summed E-state index contributed by atoms with van der Waals surface area (Å²) in [6.45, 7) is 0.152. The van der Waals surface area contributed by atoms with E-state index in [0.29, 0.717) is 29.8 Å². The maximum absolute atomic E-state index is 13.2. The molecule has 2 aromatic rings. The van der Waals surface area contributed by atoms with Crippen molar-refractivity contribution in [1.82, 2.24) is 5.32 Å². The summed E-state index contributed by atoms with van der Waals surface area (Å²) >= 11 is 0. The fourth-order valence-electron chi connectivity index (χ4n) is 3.57. The number of aliphatic hydroxyl groups is 1. The van der Waals surface area contributed by atoms with Crippen LogP contribution in [0.15, 0.2) is 42.5 Å². The van der Waals surface area contributed by atoms with Gasteiger partial charge in [-0.2, -0.15) is 0 Å². The molecule has 0 radical (unpaired) electrons. The van der Waals surface area contributed by atoms with Gasteiger partial charge in [0.1, 0.15) is 5.82 Å². The van der Waals surface area contributed by atoms with E-state index in [1.165, 1.54) is 23.1 Å². The minimum Gasteiger partial charge on any atom is -0.407 e. The first-order chi connectivity index (χ1) is 14.3. The summed E-state index contributed by atoms with van der Waals surface area (Å²) < 4.78 is 18.2. The van der Waals surface area contributed by atoms with Gasteiger partial charge in [-0.1, -0.05) is 12.1 Å². The molecule has 0 bridgehead atoms. The van der Waals surface area contributed by atoms with Gasteiger partial charge in [-0.25, -0.2) is 9.18 Å². The van der Waals surface area contributed by atoms with E-state index >= 15 is 0 Å². The topological polar surface area (TPSA) is 108 Å². The highest BCUT2D eigenvalue weighted by atomic mass is 19.1. The lowest BCUT2D eigenvalue weighted by Crippen LogP contribution is -2.46. The van der Waals surface area contributed by atoms with Crippen LogP contribution in [-0.2, 0) is 27.3 Å². The van der Waals surface area contributed by atoms with Crippen LogP contribution in [0.2, 0.25) is 0 Å². The summed E-state index contributed by atoms with van der Waals surface area (Å²) in [5, 5.41) is 15.8. The number of alkyl carbamates (subject to hydrolysis) is 1. The summed E-state index contributed by atoms with van der Waals surface area (Å²) in [5.41, 5.74) is 2.66. The van der Waals surface area contributed by atoms with Crippen molar-refractivity contribution >= 4 is 29.3 Å². The second kappa shape index (κ2) is 7.75. The molecule has 0 unspecified atom stereocenters. The van der Waals surface area contributed by atoms with Gasteiger partial charge in [0.2, 0.25) is 5.91 Å². The second-order valence-corrected chi connectivity index (χ2v) is 7.25. The Labute approximate surface area is 171 Å². The molecular formula is C21H20FN3O5. The van der Waals surface area contributed by atoms with Crippen LogP contribution in [0.3, 0.4) is 0 Å². The SMILES string of the molecule is O=C1CCc2cc(N3CC[C@@](O)(OC(=O)NCc4cccc(F)c4)C3=O)ccc2N1. The van der Waals surface area contributed by atoms with E-state index in [2.05, 4.69) is 10.6 Å². The number of amides is 3. The molecule has 4 rings (SSSR count). The van der Waals surface area contributed by atoms with Crippen molar-refractivity contribution in [1.29, 1.82) is 0 Å². The number of nitrogens with zero attached hydrogens (tertiary/aromatic N) is 1. The number of carbonyl (C=O) groups excluding carboxylic acids is 3. The summed E-state index contributed by atoms with van der Waals surface area (Å²) in [6.07, 6.45) is -0.152. The van der Waals surface area contributed by atoms with Crippen LogP contribution in [0, 0.1) is 5.82 Å². The quantitative estimate of drug-likeness (QED) is 0.665. The first kappa shape index (κ1) is 19.8. The largest absolute Gasteiger partial charge is 0.410 e. The Morgan fingerprint density at radius 2 is 2.07 bits per heavy atom. The van der Waals surface area contributed by atoms with Crippen LogP contribution < -0.4 is 15.5 Å².